The first-order chi connectivity index (χ1) is 23.7. The molecule has 1 aromatic heterocycles. The van der Waals surface area contributed by atoms with E-state index in [1.54, 1.807) is 6.92 Å². The van der Waals surface area contributed by atoms with Gasteiger partial charge in [-0.05, 0) is 18.1 Å². The molecule has 51 heavy (non-hydrogen) atoms. The van der Waals surface area contributed by atoms with E-state index in [-0.39, 0.29) is 79.8 Å². The summed E-state index contributed by atoms with van der Waals surface area (Å²) < 4.78 is 61.8. The number of aromatic nitrogens is 2. The van der Waals surface area contributed by atoms with Gasteiger partial charge in [0.05, 0.1) is 32.5 Å². The minimum Gasteiger partial charge on any atom is -0.481 e. The summed E-state index contributed by atoms with van der Waals surface area (Å²) in [5, 5.41) is 0. The smallest absolute Gasteiger partial charge is 0.422 e. The second-order valence-corrected chi connectivity index (χ2v) is 12.4. The second-order valence-electron chi connectivity index (χ2n) is 12.4. The molecule has 4 heterocycles. The van der Waals surface area contributed by atoms with Crippen LogP contribution < -0.4 is 14.2 Å². The van der Waals surface area contributed by atoms with Crippen LogP contribution in [0, 0.1) is 0 Å². The van der Waals surface area contributed by atoms with Gasteiger partial charge in [-0.3, -0.25) is 9.80 Å². The van der Waals surface area contributed by atoms with Crippen molar-refractivity contribution in [2.75, 3.05) is 79.4 Å². The van der Waals surface area contributed by atoms with E-state index in [1.165, 1.54) is 7.11 Å². The van der Waals surface area contributed by atoms with Crippen LogP contribution in [0.2, 0.25) is 0 Å². The van der Waals surface area contributed by atoms with Crippen LogP contribution in [0.3, 0.4) is 0 Å². The second kappa shape index (κ2) is 18.3. The summed E-state index contributed by atoms with van der Waals surface area (Å²) >= 11 is 0. The number of carbonyl (C=O) groups is 1. The van der Waals surface area contributed by atoms with E-state index in [0.717, 1.165) is 11.1 Å². The molecule has 3 aromatic rings. The van der Waals surface area contributed by atoms with Crippen LogP contribution in [-0.4, -0.2) is 133 Å². The molecule has 0 aliphatic carbocycles. The van der Waals surface area contributed by atoms with Crippen LogP contribution in [0.5, 0.6) is 17.8 Å². The fourth-order valence-electron chi connectivity index (χ4n) is 7.14. The molecule has 0 saturated carbocycles. The third kappa shape index (κ3) is 9.86. The monoisotopic (exact) mass is 756 g/mol. The van der Waals surface area contributed by atoms with Gasteiger partial charge in [0.25, 0.3) is 0 Å². The van der Waals surface area contributed by atoms with Crippen molar-refractivity contribution in [3.63, 3.8) is 0 Å². The first-order valence-electron chi connectivity index (χ1n) is 16.7. The van der Waals surface area contributed by atoms with Gasteiger partial charge in [-0.15, -0.1) is 24.8 Å². The van der Waals surface area contributed by atoms with Gasteiger partial charge < -0.3 is 28.7 Å². The molecule has 0 spiro atoms. The Balaban J connectivity index is 0.00000292. The lowest BCUT2D eigenvalue weighted by molar-refractivity contribution is -0.154. The Morgan fingerprint density at radius 3 is 2.08 bits per heavy atom. The van der Waals surface area contributed by atoms with E-state index >= 15 is 0 Å². The Morgan fingerprint density at radius 2 is 1.49 bits per heavy atom. The van der Waals surface area contributed by atoms with Gasteiger partial charge >= 0.3 is 18.2 Å². The first kappa shape index (κ1) is 40.2. The van der Waals surface area contributed by atoms with Crippen molar-refractivity contribution in [3.05, 3.63) is 77.4 Å². The number of morpholine rings is 1. The van der Waals surface area contributed by atoms with Gasteiger partial charge in [-0.2, -0.15) is 23.1 Å². The predicted octanol–water partition coefficient (Wildman–Crippen LogP) is 5.12. The number of fused-ring (bicyclic) bond motifs is 1. The molecule has 2 atom stereocenters. The maximum absolute atomic E-state index is 13.6. The van der Waals surface area contributed by atoms with Gasteiger partial charge in [0.15, 0.2) is 6.61 Å². The summed E-state index contributed by atoms with van der Waals surface area (Å²) in [5.41, 5.74) is 2.61. The molecule has 3 saturated heterocycles. The highest BCUT2D eigenvalue weighted by molar-refractivity contribution is 5.85. The summed E-state index contributed by atoms with van der Waals surface area (Å²) in [6.07, 6.45) is -4.57. The normalized spacial score (nSPS) is 19.8. The van der Waals surface area contributed by atoms with E-state index in [9.17, 15) is 18.0 Å². The van der Waals surface area contributed by atoms with Crippen molar-refractivity contribution >= 4 is 30.8 Å². The number of alkyl halides is 3. The molecule has 2 amide bonds. The van der Waals surface area contributed by atoms with E-state index < -0.39 is 12.8 Å². The highest BCUT2D eigenvalue weighted by Crippen LogP contribution is 2.38. The lowest BCUT2D eigenvalue weighted by Crippen LogP contribution is -2.68. The molecule has 0 N–H and O–H groups in total. The summed E-state index contributed by atoms with van der Waals surface area (Å²) in [4.78, 5) is 30.7. The Hall–Kier alpha value is -3.56. The summed E-state index contributed by atoms with van der Waals surface area (Å²) in [5.74, 6) is -0.166. The average molecular weight is 758 g/mol. The van der Waals surface area contributed by atoms with Crippen LogP contribution >= 0.6 is 24.8 Å². The quantitative estimate of drug-likeness (QED) is 0.280. The Bertz CT molecular complexity index is 1500. The van der Waals surface area contributed by atoms with Crippen molar-refractivity contribution in [1.82, 2.24) is 29.6 Å². The lowest BCUT2D eigenvalue weighted by atomic mass is 9.81. The van der Waals surface area contributed by atoms with Crippen LogP contribution in [0.15, 0.2) is 60.7 Å². The molecule has 1 unspecified atom stereocenters. The van der Waals surface area contributed by atoms with E-state index in [2.05, 4.69) is 44.0 Å². The molecular formula is C35H45Cl2F3N6O5. The highest BCUT2D eigenvalue weighted by Gasteiger charge is 2.44. The largest absolute Gasteiger partial charge is 0.481 e. The van der Waals surface area contributed by atoms with Crippen LogP contribution in [0.4, 0.5) is 18.0 Å². The molecule has 6 rings (SSSR count). The molecule has 2 aromatic carbocycles. The fourth-order valence-corrected chi connectivity index (χ4v) is 7.14. The van der Waals surface area contributed by atoms with E-state index in [1.807, 2.05) is 46.2 Å². The van der Waals surface area contributed by atoms with Gasteiger partial charge in [0, 0.05) is 70.4 Å². The molecule has 3 fully saturated rings. The highest BCUT2D eigenvalue weighted by atomic mass is 35.5. The number of rotatable bonds is 10. The fraction of sp³-hybridized carbons (Fsp3) is 0.514. The summed E-state index contributed by atoms with van der Waals surface area (Å²) in [7, 11) is 1.41. The number of halogens is 5. The SMILES string of the molecule is CCOc1nc(OC)c(CN2CC(C(c3ccccc3)c3ccccc3)N3CCN(C(=O)N4CCOCC4)C[C@H]3C2)c(OCC(F)(F)F)n1.Cl.Cl. The predicted molar refractivity (Wildman–Crippen MR) is 189 cm³/mol. The number of nitrogens with zero attached hydrogens (tertiary/aromatic N) is 6. The van der Waals surface area contributed by atoms with Crippen molar-refractivity contribution < 1.29 is 36.9 Å². The number of hydrogen-bond acceptors (Lipinski definition) is 9. The van der Waals surface area contributed by atoms with E-state index in [0.29, 0.717) is 64.6 Å². The minimum atomic E-state index is -4.57. The lowest BCUT2D eigenvalue weighted by Gasteiger charge is -2.54. The van der Waals surface area contributed by atoms with Gasteiger partial charge in [0.1, 0.15) is 0 Å². The third-order valence-corrected chi connectivity index (χ3v) is 9.25. The third-order valence-electron chi connectivity index (χ3n) is 9.25. The maximum atomic E-state index is 13.6. The number of urea groups is 1. The van der Waals surface area contributed by atoms with Crippen molar-refractivity contribution in [3.8, 4) is 17.8 Å². The molecule has 0 bridgehead atoms. The molecule has 3 aliphatic rings. The molecular weight excluding hydrogens is 712 g/mol. The number of hydrogen-bond donors (Lipinski definition) is 0. The number of piperazine rings is 2. The zero-order valence-electron chi connectivity index (χ0n) is 28.7. The average Bonchev–Trinajstić information content (AvgIpc) is 3.12. The molecule has 11 nitrogen and oxygen atoms in total. The van der Waals surface area contributed by atoms with Crippen LogP contribution in [0.1, 0.15) is 29.5 Å². The van der Waals surface area contributed by atoms with Gasteiger partial charge in [-0.1, -0.05) is 60.7 Å². The maximum Gasteiger partial charge on any atom is 0.422 e. The zero-order chi connectivity index (χ0) is 34.4. The minimum absolute atomic E-state index is 0. The summed E-state index contributed by atoms with van der Waals surface area (Å²) in [6, 6.07) is 20.5. The number of carbonyl (C=O) groups excluding carboxylic acids is 1. The zero-order valence-corrected chi connectivity index (χ0v) is 30.3. The van der Waals surface area contributed by atoms with Crippen molar-refractivity contribution in [2.45, 2.75) is 37.6 Å². The molecule has 16 heteroatoms. The standard InChI is InChI=1S/C35H43F3N6O5.2ClH/c1-3-48-33-39-31(46-2)28(32(40-33)49-24-35(36,37)38)22-41-20-27-21-43(34(45)42-16-18-47-19-17-42)14-15-44(27)29(23-41)30(25-10-6-4-7-11-25)26-12-8-5-9-13-26;;/h4-13,27,29-30H,3,14-24H2,1-2H3;2*1H/t27-,29?;;/m1../s1. The molecule has 0 radical (unpaired) electrons. The van der Waals surface area contributed by atoms with Crippen molar-refractivity contribution in [2.24, 2.45) is 0 Å². The Labute approximate surface area is 308 Å². The molecule has 3 aliphatic heterocycles. The van der Waals surface area contributed by atoms with Gasteiger partial charge in [-0.25, -0.2) is 4.79 Å². The Morgan fingerprint density at radius 1 is 0.863 bits per heavy atom. The number of benzene rings is 2. The Kier molecular flexibility index (Phi) is 14.4. The summed E-state index contributed by atoms with van der Waals surface area (Å²) in [6.45, 7) is 5.66. The van der Waals surface area contributed by atoms with Crippen LogP contribution in [-0.2, 0) is 11.3 Å². The van der Waals surface area contributed by atoms with E-state index in [4.69, 9.17) is 18.9 Å². The number of methoxy groups -OCH3 is 1. The molecule has 280 valence electrons. The first-order valence-corrected chi connectivity index (χ1v) is 16.7. The van der Waals surface area contributed by atoms with Crippen LogP contribution in [0.25, 0.3) is 0 Å². The number of ether oxygens (including phenoxy) is 4. The topological polar surface area (TPSA) is 92.7 Å². The van der Waals surface area contributed by atoms with Gasteiger partial charge in [0.2, 0.25) is 11.8 Å². The number of amides is 2. The van der Waals surface area contributed by atoms with Crippen molar-refractivity contribution in [1.29, 1.82) is 0 Å².